The smallest absolute Gasteiger partial charge is 0.374 e. The molecular weight excluding hydrogens is 495 g/mol. The second kappa shape index (κ2) is 9.25. The van der Waals surface area contributed by atoms with Crippen molar-refractivity contribution in [3.8, 4) is 10.6 Å². The maximum absolute atomic E-state index is 13.4. The fourth-order valence-electron chi connectivity index (χ4n) is 4.38. The van der Waals surface area contributed by atoms with Gasteiger partial charge in [-0.2, -0.15) is 13.2 Å². The van der Waals surface area contributed by atoms with Gasteiger partial charge >= 0.3 is 6.18 Å². The molecule has 2 bridgehead atoms. The van der Waals surface area contributed by atoms with E-state index >= 15 is 0 Å². The minimum Gasteiger partial charge on any atom is -0.374 e. The number of hydrogen-bond donors (Lipinski definition) is 1. The Bertz CT molecular complexity index is 1310. The van der Waals surface area contributed by atoms with Crippen LogP contribution in [0.5, 0.6) is 0 Å². The number of halogens is 3. The van der Waals surface area contributed by atoms with Crippen LogP contribution >= 0.6 is 11.3 Å². The van der Waals surface area contributed by atoms with Crippen LogP contribution in [0.2, 0.25) is 0 Å². The Morgan fingerprint density at radius 2 is 1.86 bits per heavy atom. The van der Waals surface area contributed by atoms with Crippen molar-refractivity contribution in [3.63, 3.8) is 0 Å². The second-order valence-electron chi connectivity index (χ2n) is 8.91. The third kappa shape index (κ3) is 4.82. The number of alkyl halides is 3. The van der Waals surface area contributed by atoms with Gasteiger partial charge in [0.05, 0.1) is 24.8 Å². The van der Waals surface area contributed by atoms with Gasteiger partial charge in [0.15, 0.2) is 0 Å². The summed E-state index contributed by atoms with van der Waals surface area (Å²) >= 11 is 1.44. The third-order valence-electron chi connectivity index (χ3n) is 6.24. The van der Waals surface area contributed by atoms with Crippen LogP contribution in [0.15, 0.2) is 36.8 Å². The third-order valence-corrected chi connectivity index (χ3v) is 7.21. The van der Waals surface area contributed by atoms with Crippen LogP contribution in [-0.2, 0) is 10.9 Å². The van der Waals surface area contributed by atoms with Crippen molar-refractivity contribution in [1.82, 2.24) is 25.2 Å². The molecule has 36 heavy (non-hydrogen) atoms. The molecule has 2 aromatic heterocycles. The summed E-state index contributed by atoms with van der Waals surface area (Å²) < 4.78 is 43.9. The number of aryl methyl sites for hydroxylation is 1. The number of amides is 2. The number of thiazole rings is 1. The van der Waals surface area contributed by atoms with Gasteiger partial charge in [0.2, 0.25) is 5.82 Å². The molecule has 2 saturated heterocycles. The maximum atomic E-state index is 13.4. The molecule has 3 aromatic rings. The molecule has 1 N–H and O–H groups in total. The zero-order chi connectivity index (χ0) is 25.6. The van der Waals surface area contributed by atoms with Crippen molar-refractivity contribution in [3.05, 3.63) is 64.2 Å². The van der Waals surface area contributed by atoms with Gasteiger partial charge < -0.3 is 15.0 Å². The van der Waals surface area contributed by atoms with Crippen LogP contribution in [0.3, 0.4) is 0 Å². The lowest BCUT2D eigenvalue weighted by Crippen LogP contribution is -2.41. The zero-order valence-corrected chi connectivity index (χ0v) is 20.2. The van der Waals surface area contributed by atoms with E-state index in [-0.39, 0.29) is 23.6 Å². The Balaban J connectivity index is 1.41. The predicted octanol–water partition coefficient (Wildman–Crippen LogP) is 4.03. The Morgan fingerprint density at radius 3 is 2.44 bits per heavy atom. The fourth-order valence-corrected chi connectivity index (χ4v) is 5.13. The number of morpholine rings is 1. The van der Waals surface area contributed by atoms with E-state index in [0.717, 1.165) is 23.7 Å². The molecule has 12 heteroatoms. The maximum Gasteiger partial charge on any atom is 0.451 e. The number of ether oxygens (including phenoxy) is 1. The molecule has 0 spiro atoms. The summed E-state index contributed by atoms with van der Waals surface area (Å²) in [6.45, 7) is 4.54. The van der Waals surface area contributed by atoms with E-state index in [0.29, 0.717) is 34.8 Å². The van der Waals surface area contributed by atoms with E-state index in [2.05, 4.69) is 20.3 Å². The largest absolute Gasteiger partial charge is 0.451 e. The lowest BCUT2D eigenvalue weighted by molar-refractivity contribution is -0.145. The predicted molar refractivity (Wildman–Crippen MR) is 124 cm³/mol. The van der Waals surface area contributed by atoms with E-state index in [1.54, 1.807) is 30.2 Å². The van der Waals surface area contributed by atoms with E-state index in [4.69, 9.17) is 4.74 Å². The molecule has 188 valence electrons. The molecular formula is C24H22F3N5O3S. The number of nitrogens with one attached hydrogen (secondary N) is 1. The number of fused-ring (bicyclic) bond motifs is 2. The quantitative estimate of drug-likeness (QED) is 0.549. The Labute approximate surface area is 208 Å². The van der Waals surface area contributed by atoms with Crippen LogP contribution in [0.1, 0.15) is 56.4 Å². The highest BCUT2D eigenvalue weighted by Gasteiger charge is 2.42. The van der Waals surface area contributed by atoms with Gasteiger partial charge in [0.1, 0.15) is 5.01 Å². The topological polar surface area (TPSA) is 97.3 Å². The Kier molecular flexibility index (Phi) is 6.25. The SMILES string of the molecule is Cc1cnc(-c2cc(C(=O)N[C@H](C)c3cnc(C(F)(F)F)nc3)cc(C(=O)N3C[C@H]4C[C@@H]3CO4)c2)s1. The highest BCUT2D eigenvalue weighted by Crippen LogP contribution is 2.32. The first-order chi connectivity index (χ1) is 17.1. The van der Waals surface area contributed by atoms with Gasteiger partial charge in [-0.25, -0.2) is 15.0 Å². The van der Waals surface area contributed by atoms with Gasteiger partial charge in [-0.1, -0.05) is 0 Å². The van der Waals surface area contributed by atoms with E-state index in [9.17, 15) is 22.8 Å². The highest BCUT2D eigenvalue weighted by atomic mass is 32.1. The average Bonchev–Trinajstić information content (AvgIpc) is 3.60. The van der Waals surface area contributed by atoms with Crippen molar-refractivity contribution in [2.24, 2.45) is 0 Å². The van der Waals surface area contributed by atoms with Gasteiger partial charge in [-0.3, -0.25) is 9.59 Å². The first kappa shape index (κ1) is 24.3. The molecule has 2 amide bonds. The fraction of sp³-hybridized carbons (Fsp3) is 0.375. The number of carbonyl (C=O) groups excluding carboxylic acids is 2. The van der Waals surface area contributed by atoms with E-state index < -0.39 is 23.9 Å². The summed E-state index contributed by atoms with van der Waals surface area (Å²) in [5.74, 6) is -1.92. The summed E-state index contributed by atoms with van der Waals surface area (Å²) in [4.78, 5) is 40.4. The van der Waals surface area contributed by atoms with Gasteiger partial charge in [-0.05, 0) is 38.5 Å². The molecule has 4 heterocycles. The number of aromatic nitrogens is 3. The summed E-state index contributed by atoms with van der Waals surface area (Å²) in [7, 11) is 0. The lowest BCUT2D eigenvalue weighted by Gasteiger charge is -2.27. The highest BCUT2D eigenvalue weighted by molar-refractivity contribution is 7.14. The molecule has 8 nitrogen and oxygen atoms in total. The number of benzene rings is 1. The van der Waals surface area contributed by atoms with Crippen LogP contribution in [0.4, 0.5) is 13.2 Å². The summed E-state index contributed by atoms with van der Waals surface area (Å²) in [5, 5.41) is 3.43. The number of hydrogen-bond acceptors (Lipinski definition) is 7. The standard InChI is InChI=1S/C24H22F3N5O3S/c1-12-7-28-21(36-12)15-3-14(4-16(5-15)22(34)32-10-19-6-18(32)11-35-19)20(33)31-13(2)17-8-29-23(30-9-17)24(25,26)27/h3-5,7-9,13,18-19H,6,10-11H2,1-2H3,(H,31,33)/t13-,18-,19-/m1/s1. The van der Waals surface area contributed by atoms with Gasteiger partial charge in [-0.15, -0.1) is 11.3 Å². The van der Waals surface area contributed by atoms with Crippen LogP contribution < -0.4 is 5.32 Å². The summed E-state index contributed by atoms with van der Waals surface area (Å²) in [5.41, 5.74) is 1.55. The van der Waals surface area contributed by atoms with Gasteiger partial charge in [0.25, 0.3) is 11.8 Å². The number of nitrogens with zero attached hydrogens (tertiary/aromatic N) is 4. The van der Waals surface area contributed by atoms with Crippen LogP contribution in [0.25, 0.3) is 10.6 Å². The van der Waals surface area contributed by atoms with Crippen molar-refractivity contribution in [2.75, 3.05) is 13.2 Å². The number of likely N-dealkylation sites (tertiary alicyclic amines) is 1. The molecule has 5 rings (SSSR count). The molecule has 3 atom stereocenters. The molecule has 2 aliphatic heterocycles. The molecule has 1 aromatic carbocycles. The second-order valence-corrected chi connectivity index (χ2v) is 10.1. The number of carbonyl (C=O) groups is 2. The van der Waals surface area contributed by atoms with Gasteiger partial charge in [0, 0.05) is 52.3 Å². The molecule has 2 aliphatic rings. The summed E-state index contributed by atoms with van der Waals surface area (Å²) in [6, 6.07) is 4.27. The lowest BCUT2D eigenvalue weighted by atomic mass is 10.0. The number of rotatable bonds is 5. The molecule has 0 aliphatic carbocycles. The van der Waals surface area contributed by atoms with Crippen LogP contribution in [-0.4, -0.2) is 57.0 Å². The van der Waals surface area contributed by atoms with Crippen molar-refractivity contribution < 1.29 is 27.5 Å². The van der Waals surface area contributed by atoms with Crippen LogP contribution in [0, 0.1) is 6.92 Å². The average molecular weight is 518 g/mol. The zero-order valence-electron chi connectivity index (χ0n) is 19.4. The minimum atomic E-state index is -4.65. The molecule has 2 fully saturated rings. The normalized spacial score (nSPS) is 20.0. The van der Waals surface area contributed by atoms with E-state index in [1.807, 2.05) is 6.92 Å². The van der Waals surface area contributed by atoms with E-state index in [1.165, 1.54) is 17.4 Å². The summed E-state index contributed by atoms with van der Waals surface area (Å²) in [6.07, 6.45) is -0.0131. The first-order valence-electron chi connectivity index (χ1n) is 11.3. The van der Waals surface area contributed by atoms with Crippen molar-refractivity contribution >= 4 is 23.2 Å². The molecule has 0 saturated carbocycles. The Morgan fingerprint density at radius 1 is 1.14 bits per heavy atom. The molecule has 0 unspecified atom stereocenters. The minimum absolute atomic E-state index is 0.0187. The van der Waals surface area contributed by atoms with Crippen molar-refractivity contribution in [1.29, 1.82) is 0 Å². The monoisotopic (exact) mass is 517 g/mol. The molecule has 0 radical (unpaired) electrons. The van der Waals surface area contributed by atoms with Crippen molar-refractivity contribution in [2.45, 2.75) is 44.6 Å². The first-order valence-corrected chi connectivity index (χ1v) is 12.1. The Hall–Kier alpha value is -3.38.